The molecule has 0 bridgehead atoms. The van der Waals surface area contributed by atoms with Crippen LogP contribution in [0.25, 0.3) is 0 Å². The Bertz CT molecular complexity index is 782. The maximum atomic E-state index is 12.1. The SMILES string of the molecule is COc1ccc(CCC(=O)Oc2ccc(N=O)cc2)cc1OC1CCCC1. The highest BCUT2D eigenvalue weighted by Gasteiger charge is 2.18. The number of ether oxygens (including phenoxy) is 3. The van der Waals surface area contributed by atoms with Crippen molar-refractivity contribution in [2.45, 2.75) is 44.6 Å². The lowest BCUT2D eigenvalue weighted by Crippen LogP contribution is -2.12. The topological polar surface area (TPSA) is 74.2 Å². The minimum absolute atomic E-state index is 0.239. The van der Waals surface area contributed by atoms with Gasteiger partial charge in [-0.1, -0.05) is 6.07 Å². The van der Waals surface area contributed by atoms with E-state index in [1.54, 1.807) is 19.2 Å². The highest BCUT2D eigenvalue weighted by Crippen LogP contribution is 2.32. The Morgan fingerprint density at radius 3 is 2.48 bits per heavy atom. The van der Waals surface area contributed by atoms with E-state index in [1.807, 2.05) is 18.2 Å². The van der Waals surface area contributed by atoms with Gasteiger partial charge < -0.3 is 14.2 Å². The molecule has 1 aliphatic carbocycles. The summed E-state index contributed by atoms with van der Waals surface area (Å²) in [7, 11) is 1.62. The van der Waals surface area contributed by atoms with Crippen LogP contribution in [-0.4, -0.2) is 19.2 Å². The molecule has 2 aromatic rings. The molecule has 6 heteroatoms. The highest BCUT2D eigenvalue weighted by atomic mass is 16.5. The average molecular weight is 369 g/mol. The summed E-state index contributed by atoms with van der Waals surface area (Å²) in [5, 5.41) is 2.81. The molecule has 1 fully saturated rings. The Labute approximate surface area is 158 Å². The van der Waals surface area contributed by atoms with Crippen LogP contribution in [0.3, 0.4) is 0 Å². The lowest BCUT2D eigenvalue weighted by Gasteiger charge is -2.16. The van der Waals surface area contributed by atoms with Gasteiger partial charge in [0.1, 0.15) is 11.4 Å². The zero-order chi connectivity index (χ0) is 19.1. The predicted molar refractivity (Wildman–Crippen MR) is 102 cm³/mol. The molecule has 0 atom stereocenters. The smallest absolute Gasteiger partial charge is 0.311 e. The van der Waals surface area contributed by atoms with Crippen molar-refractivity contribution in [2.75, 3.05) is 7.11 Å². The third-order valence-electron chi connectivity index (χ3n) is 4.62. The van der Waals surface area contributed by atoms with Crippen LogP contribution in [0.5, 0.6) is 17.2 Å². The third kappa shape index (κ3) is 5.29. The molecule has 142 valence electrons. The maximum absolute atomic E-state index is 12.1. The summed E-state index contributed by atoms with van der Waals surface area (Å²) in [6.07, 6.45) is 5.55. The molecule has 2 aromatic carbocycles. The molecular formula is C21H23NO5. The van der Waals surface area contributed by atoms with Crippen molar-refractivity contribution in [1.29, 1.82) is 0 Å². The van der Waals surface area contributed by atoms with Gasteiger partial charge in [-0.25, -0.2) is 0 Å². The van der Waals surface area contributed by atoms with Gasteiger partial charge in [0.2, 0.25) is 0 Å². The first kappa shape index (κ1) is 18.9. The summed E-state index contributed by atoms with van der Waals surface area (Å²) < 4.78 is 16.8. The Morgan fingerprint density at radius 2 is 1.81 bits per heavy atom. The lowest BCUT2D eigenvalue weighted by molar-refractivity contribution is -0.134. The summed E-state index contributed by atoms with van der Waals surface area (Å²) in [5.41, 5.74) is 1.28. The highest BCUT2D eigenvalue weighted by molar-refractivity contribution is 5.72. The van der Waals surface area contributed by atoms with Gasteiger partial charge >= 0.3 is 5.97 Å². The second kappa shape index (κ2) is 9.16. The quantitative estimate of drug-likeness (QED) is 0.374. The fourth-order valence-electron chi connectivity index (χ4n) is 3.16. The number of benzene rings is 2. The molecule has 0 saturated heterocycles. The largest absolute Gasteiger partial charge is 0.493 e. The average Bonchev–Trinajstić information content (AvgIpc) is 3.20. The molecule has 27 heavy (non-hydrogen) atoms. The number of aryl methyl sites for hydroxylation is 1. The molecule has 6 nitrogen and oxygen atoms in total. The van der Waals surface area contributed by atoms with E-state index in [4.69, 9.17) is 14.2 Å². The lowest BCUT2D eigenvalue weighted by atomic mass is 10.1. The van der Waals surface area contributed by atoms with Crippen LogP contribution in [0.1, 0.15) is 37.7 Å². The van der Waals surface area contributed by atoms with Crippen molar-refractivity contribution in [3.05, 3.63) is 52.9 Å². The van der Waals surface area contributed by atoms with Gasteiger partial charge in [0.15, 0.2) is 11.5 Å². The molecule has 0 spiro atoms. The molecule has 0 N–H and O–H groups in total. The van der Waals surface area contributed by atoms with Crippen LogP contribution in [0.4, 0.5) is 5.69 Å². The maximum Gasteiger partial charge on any atom is 0.311 e. The van der Waals surface area contributed by atoms with Gasteiger partial charge in [-0.2, -0.15) is 0 Å². The molecule has 0 unspecified atom stereocenters. The van der Waals surface area contributed by atoms with Crippen LogP contribution in [-0.2, 0) is 11.2 Å². The molecule has 0 amide bonds. The number of methoxy groups -OCH3 is 1. The fraction of sp³-hybridized carbons (Fsp3) is 0.381. The first-order valence-corrected chi connectivity index (χ1v) is 9.15. The third-order valence-corrected chi connectivity index (χ3v) is 4.62. The number of hydrogen-bond donors (Lipinski definition) is 0. The van der Waals surface area contributed by atoms with Gasteiger partial charge in [0, 0.05) is 6.42 Å². The fourth-order valence-corrected chi connectivity index (χ4v) is 3.16. The normalized spacial score (nSPS) is 14.0. The van der Waals surface area contributed by atoms with Crippen molar-refractivity contribution >= 4 is 11.7 Å². The van der Waals surface area contributed by atoms with E-state index in [9.17, 15) is 9.70 Å². The van der Waals surface area contributed by atoms with Crippen molar-refractivity contribution in [3.8, 4) is 17.2 Å². The van der Waals surface area contributed by atoms with Crippen LogP contribution in [0.2, 0.25) is 0 Å². The summed E-state index contributed by atoms with van der Waals surface area (Å²) in [6.45, 7) is 0. The zero-order valence-corrected chi connectivity index (χ0v) is 15.3. The van der Waals surface area contributed by atoms with Gasteiger partial charge in [0.25, 0.3) is 0 Å². The van der Waals surface area contributed by atoms with E-state index >= 15 is 0 Å². The molecule has 1 aliphatic rings. The number of hydrogen-bond acceptors (Lipinski definition) is 6. The van der Waals surface area contributed by atoms with Crippen LogP contribution < -0.4 is 14.2 Å². The minimum atomic E-state index is -0.337. The molecule has 0 heterocycles. The first-order valence-electron chi connectivity index (χ1n) is 9.15. The second-order valence-electron chi connectivity index (χ2n) is 6.57. The predicted octanol–water partition coefficient (Wildman–Crippen LogP) is 4.95. The van der Waals surface area contributed by atoms with Crippen LogP contribution in [0, 0.1) is 4.91 Å². The van der Waals surface area contributed by atoms with Gasteiger partial charge in [-0.15, -0.1) is 4.91 Å². The van der Waals surface area contributed by atoms with Crippen molar-refractivity contribution in [2.24, 2.45) is 5.18 Å². The zero-order valence-electron chi connectivity index (χ0n) is 15.3. The van der Waals surface area contributed by atoms with Gasteiger partial charge in [0.05, 0.1) is 13.2 Å². The van der Waals surface area contributed by atoms with E-state index in [0.717, 1.165) is 24.2 Å². The summed E-state index contributed by atoms with van der Waals surface area (Å²) in [4.78, 5) is 22.5. The van der Waals surface area contributed by atoms with Gasteiger partial charge in [-0.05, 0) is 79.2 Å². The first-order chi connectivity index (χ1) is 13.2. The molecule has 1 saturated carbocycles. The standard InChI is InChI=1S/C21H23NO5/c1-25-19-12-6-15(14-20(19)26-17-4-2-3-5-17)7-13-21(23)27-18-10-8-16(22-24)9-11-18/h6,8-12,14,17H,2-5,7,13H2,1H3. The number of esters is 1. The number of nitrogens with zero attached hydrogens (tertiary/aromatic N) is 1. The number of carbonyl (C=O) groups excluding carboxylic acids is 1. The number of nitroso groups, excluding NO2 is 1. The van der Waals surface area contributed by atoms with Crippen LogP contribution in [0.15, 0.2) is 47.6 Å². The summed E-state index contributed by atoms with van der Waals surface area (Å²) >= 11 is 0. The number of rotatable bonds is 8. The van der Waals surface area contributed by atoms with Crippen LogP contribution >= 0.6 is 0 Å². The Hall–Kier alpha value is -2.89. The van der Waals surface area contributed by atoms with E-state index < -0.39 is 0 Å². The number of carbonyl (C=O) groups is 1. The monoisotopic (exact) mass is 369 g/mol. The minimum Gasteiger partial charge on any atom is -0.493 e. The molecule has 0 aromatic heterocycles. The molecular weight excluding hydrogens is 346 g/mol. The van der Waals surface area contributed by atoms with Gasteiger partial charge in [-0.3, -0.25) is 4.79 Å². The molecule has 0 radical (unpaired) electrons. The van der Waals surface area contributed by atoms with E-state index in [2.05, 4.69) is 5.18 Å². The Kier molecular flexibility index (Phi) is 6.41. The Balaban J connectivity index is 1.57. The molecule has 3 rings (SSSR count). The van der Waals surface area contributed by atoms with E-state index in [0.29, 0.717) is 23.6 Å². The van der Waals surface area contributed by atoms with E-state index in [-0.39, 0.29) is 18.5 Å². The second-order valence-corrected chi connectivity index (χ2v) is 6.57. The molecule has 0 aliphatic heterocycles. The summed E-state index contributed by atoms with van der Waals surface area (Å²) in [5.74, 6) is 1.49. The van der Waals surface area contributed by atoms with E-state index in [1.165, 1.54) is 25.0 Å². The van der Waals surface area contributed by atoms with Crippen molar-refractivity contribution in [1.82, 2.24) is 0 Å². The Morgan fingerprint density at radius 1 is 1.07 bits per heavy atom. The summed E-state index contributed by atoms with van der Waals surface area (Å²) in [6, 6.07) is 11.9. The van der Waals surface area contributed by atoms with Crippen molar-refractivity contribution in [3.63, 3.8) is 0 Å². The van der Waals surface area contributed by atoms with Crippen molar-refractivity contribution < 1.29 is 19.0 Å².